The average Bonchev–Trinajstić information content (AvgIpc) is 3.01. The standard InChI is InChI=1S/C26H22FN3O3/c1-16-7-9-18(10-8-16)23-24(29-21-13-11-20(12-14-21)28-17(2)31)26(33)30(25(23)32)15-19-5-3-4-6-22(19)27/h3-14,29H,15H2,1-2H3,(H,28,31). The summed E-state index contributed by atoms with van der Waals surface area (Å²) in [6.45, 7) is 3.17. The molecule has 1 heterocycles. The largest absolute Gasteiger partial charge is 0.350 e. The number of amides is 3. The predicted octanol–water partition coefficient (Wildman–Crippen LogP) is 4.48. The number of rotatable bonds is 6. The monoisotopic (exact) mass is 443 g/mol. The van der Waals surface area contributed by atoms with Crippen LogP contribution in [0.5, 0.6) is 0 Å². The molecule has 2 N–H and O–H groups in total. The first-order chi connectivity index (χ1) is 15.8. The van der Waals surface area contributed by atoms with Crippen LogP contribution in [0.25, 0.3) is 5.57 Å². The average molecular weight is 443 g/mol. The summed E-state index contributed by atoms with van der Waals surface area (Å²) in [5, 5.41) is 5.73. The van der Waals surface area contributed by atoms with Gasteiger partial charge in [-0.3, -0.25) is 19.3 Å². The molecule has 3 aromatic rings. The molecule has 0 atom stereocenters. The molecule has 3 amide bonds. The highest BCUT2D eigenvalue weighted by molar-refractivity contribution is 6.36. The van der Waals surface area contributed by atoms with Gasteiger partial charge in [0, 0.05) is 23.9 Å². The van der Waals surface area contributed by atoms with Gasteiger partial charge in [-0.1, -0.05) is 48.0 Å². The molecular weight excluding hydrogens is 421 g/mol. The van der Waals surface area contributed by atoms with E-state index in [1.54, 1.807) is 54.6 Å². The number of carbonyl (C=O) groups is 3. The van der Waals surface area contributed by atoms with E-state index in [-0.39, 0.29) is 29.3 Å². The van der Waals surface area contributed by atoms with Crippen molar-refractivity contribution in [2.75, 3.05) is 10.6 Å². The van der Waals surface area contributed by atoms with E-state index < -0.39 is 17.6 Å². The third-order valence-corrected chi connectivity index (χ3v) is 5.27. The Bertz CT molecular complexity index is 1260. The SMILES string of the molecule is CC(=O)Nc1ccc(NC2=C(c3ccc(C)cc3)C(=O)N(Cc3ccccc3F)C2=O)cc1. The highest BCUT2D eigenvalue weighted by atomic mass is 19.1. The van der Waals surface area contributed by atoms with Gasteiger partial charge in [0.1, 0.15) is 11.5 Å². The Morgan fingerprint density at radius 2 is 1.52 bits per heavy atom. The van der Waals surface area contributed by atoms with E-state index in [0.717, 1.165) is 10.5 Å². The maximum atomic E-state index is 14.2. The minimum atomic E-state index is -0.537. The third-order valence-electron chi connectivity index (χ3n) is 5.27. The number of nitrogens with zero attached hydrogens (tertiary/aromatic N) is 1. The van der Waals surface area contributed by atoms with Gasteiger partial charge in [-0.25, -0.2) is 4.39 Å². The number of nitrogens with one attached hydrogen (secondary N) is 2. The zero-order valence-corrected chi connectivity index (χ0v) is 18.2. The van der Waals surface area contributed by atoms with Crippen LogP contribution in [0.4, 0.5) is 15.8 Å². The molecule has 0 fully saturated rings. The van der Waals surface area contributed by atoms with Crippen molar-refractivity contribution in [2.24, 2.45) is 0 Å². The van der Waals surface area contributed by atoms with Gasteiger partial charge in [-0.15, -0.1) is 0 Å². The topological polar surface area (TPSA) is 78.5 Å². The fraction of sp³-hybridized carbons (Fsp3) is 0.115. The maximum Gasteiger partial charge on any atom is 0.278 e. The fourth-order valence-corrected chi connectivity index (χ4v) is 3.61. The van der Waals surface area contributed by atoms with Crippen molar-refractivity contribution in [3.8, 4) is 0 Å². The van der Waals surface area contributed by atoms with Crippen LogP contribution in [0.15, 0.2) is 78.5 Å². The van der Waals surface area contributed by atoms with Crippen molar-refractivity contribution in [1.29, 1.82) is 0 Å². The van der Waals surface area contributed by atoms with Gasteiger partial charge in [-0.05, 0) is 42.8 Å². The molecule has 0 aromatic heterocycles. The molecule has 0 radical (unpaired) electrons. The molecule has 3 aromatic carbocycles. The Morgan fingerprint density at radius 1 is 0.879 bits per heavy atom. The highest BCUT2D eigenvalue weighted by Gasteiger charge is 2.39. The summed E-state index contributed by atoms with van der Waals surface area (Å²) in [6, 6.07) is 20.1. The number of carbonyl (C=O) groups excluding carboxylic acids is 3. The molecule has 0 bridgehead atoms. The third kappa shape index (κ3) is 4.67. The number of imide groups is 1. The molecule has 33 heavy (non-hydrogen) atoms. The van der Waals surface area contributed by atoms with Crippen LogP contribution in [-0.4, -0.2) is 22.6 Å². The second-order valence-electron chi connectivity index (χ2n) is 7.79. The van der Waals surface area contributed by atoms with Crippen molar-refractivity contribution in [3.05, 3.63) is 101 Å². The molecule has 1 aliphatic rings. The molecule has 0 unspecified atom stereocenters. The first-order valence-electron chi connectivity index (χ1n) is 10.4. The van der Waals surface area contributed by atoms with E-state index >= 15 is 0 Å². The van der Waals surface area contributed by atoms with Crippen molar-refractivity contribution < 1.29 is 18.8 Å². The number of hydrogen-bond acceptors (Lipinski definition) is 4. The number of aryl methyl sites for hydroxylation is 1. The van der Waals surface area contributed by atoms with E-state index in [4.69, 9.17) is 0 Å². The summed E-state index contributed by atoms with van der Waals surface area (Å²) >= 11 is 0. The van der Waals surface area contributed by atoms with Gasteiger partial charge in [0.2, 0.25) is 5.91 Å². The van der Waals surface area contributed by atoms with Crippen molar-refractivity contribution in [3.63, 3.8) is 0 Å². The summed E-state index contributed by atoms with van der Waals surface area (Å²) in [7, 11) is 0. The highest BCUT2D eigenvalue weighted by Crippen LogP contribution is 2.32. The molecule has 6 nitrogen and oxygen atoms in total. The van der Waals surface area contributed by atoms with Crippen molar-refractivity contribution >= 4 is 34.7 Å². The Balaban J connectivity index is 1.70. The van der Waals surface area contributed by atoms with E-state index in [1.165, 1.54) is 13.0 Å². The molecule has 0 spiro atoms. The van der Waals surface area contributed by atoms with Crippen LogP contribution in [0, 0.1) is 12.7 Å². The Hall–Kier alpha value is -4.26. The number of halogens is 1. The summed E-state index contributed by atoms with van der Waals surface area (Å²) in [6.07, 6.45) is 0. The second-order valence-corrected chi connectivity index (χ2v) is 7.79. The molecule has 7 heteroatoms. The lowest BCUT2D eigenvalue weighted by Gasteiger charge is -2.16. The van der Waals surface area contributed by atoms with Gasteiger partial charge in [0.25, 0.3) is 11.8 Å². The van der Waals surface area contributed by atoms with Gasteiger partial charge < -0.3 is 10.6 Å². The normalized spacial score (nSPS) is 13.5. The lowest BCUT2D eigenvalue weighted by Crippen LogP contribution is -2.32. The number of hydrogen-bond donors (Lipinski definition) is 2. The molecule has 0 saturated carbocycles. The van der Waals surface area contributed by atoms with Crippen LogP contribution in [0.1, 0.15) is 23.6 Å². The maximum absolute atomic E-state index is 14.2. The zero-order valence-electron chi connectivity index (χ0n) is 18.2. The van der Waals surface area contributed by atoms with Gasteiger partial charge >= 0.3 is 0 Å². The fourth-order valence-electron chi connectivity index (χ4n) is 3.61. The Labute approximate surface area is 190 Å². The number of benzene rings is 3. The first kappa shape index (κ1) is 22.0. The van der Waals surface area contributed by atoms with Crippen molar-refractivity contribution in [1.82, 2.24) is 4.90 Å². The summed E-state index contributed by atoms with van der Waals surface area (Å²) in [5.41, 5.74) is 3.38. The van der Waals surface area contributed by atoms with Gasteiger partial charge in [0.05, 0.1) is 12.1 Å². The van der Waals surface area contributed by atoms with Crippen LogP contribution < -0.4 is 10.6 Å². The smallest absolute Gasteiger partial charge is 0.278 e. The summed E-state index contributed by atoms with van der Waals surface area (Å²) in [4.78, 5) is 38.9. The summed E-state index contributed by atoms with van der Waals surface area (Å²) < 4.78 is 14.2. The summed E-state index contributed by atoms with van der Waals surface area (Å²) in [5.74, 6) is -1.71. The molecule has 4 rings (SSSR count). The van der Waals surface area contributed by atoms with E-state index in [9.17, 15) is 18.8 Å². The molecule has 0 aliphatic carbocycles. The van der Waals surface area contributed by atoms with Crippen LogP contribution >= 0.6 is 0 Å². The van der Waals surface area contributed by atoms with E-state index in [2.05, 4.69) is 10.6 Å². The lowest BCUT2D eigenvalue weighted by atomic mass is 10.0. The zero-order chi connectivity index (χ0) is 23.5. The van der Waals surface area contributed by atoms with Crippen LogP contribution in [-0.2, 0) is 20.9 Å². The van der Waals surface area contributed by atoms with Crippen molar-refractivity contribution in [2.45, 2.75) is 20.4 Å². The number of anilines is 2. The Morgan fingerprint density at radius 3 is 2.15 bits per heavy atom. The first-order valence-corrected chi connectivity index (χ1v) is 10.4. The molecule has 0 saturated heterocycles. The molecule has 1 aliphatic heterocycles. The minimum absolute atomic E-state index is 0.118. The molecular formula is C26H22FN3O3. The molecule has 166 valence electrons. The van der Waals surface area contributed by atoms with Crippen LogP contribution in [0.2, 0.25) is 0 Å². The van der Waals surface area contributed by atoms with Gasteiger partial charge in [0.15, 0.2) is 0 Å². The predicted molar refractivity (Wildman–Crippen MR) is 124 cm³/mol. The Kier molecular flexibility index (Phi) is 6.04. The quantitative estimate of drug-likeness (QED) is 0.551. The minimum Gasteiger partial charge on any atom is -0.350 e. The van der Waals surface area contributed by atoms with E-state index in [0.29, 0.717) is 16.9 Å². The van der Waals surface area contributed by atoms with Crippen LogP contribution in [0.3, 0.4) is 0 Å². The second kappa shape index (κ2) is 9.08. The van der Waals surface area contributed by atoms with Gasteiger partial charge in [-0.2, -0.15) is 0 Å². The van der Waals surface area contributed by atoms with E-state index in [1.807, 2.05) is 19.1 Å². The lowest BCUT2D eigenvalue weighted by molar-refractivity contribution is -0.137.